The van der Waals surface area contributed by atoms with Gasteiger partial charge in [-0.2, -0.15) is 0 Å². The lowest BCUT2D eigenvalue weighted by molar-refractivity contribution is 0.00982. The first-order chi connectivity index (χ1) is 7.80. The lowest BCUT2D eigenvalue weighted by Crippen LogP contribution is -2.59. The smallest absolute Gasteiger partial charge is 0.0628 e. The van der Waals surface area contributed by atoms with Crippen molar-refractivity contribution >= 4 is 0 Å². The van der Waals surface area contributed by atoms with Crippen molar-refractivity contribution < 1.29 is 9.84 Å². The molecule has 1 unspecified atom stereocenters. The number of aliphatic hydroxyl groups excluding tert-OH is 1. The molecule has 1 aliphatic heterocycles. The number of aliphatic hydroxyl groups is 1. The van der Waals surface area contributed by atoms with E-state index in [9.17, 15) is 5.11 Å². The van der Waals surface area contributed by atoms with Crippen molar-refractivity contribution in [3.8, 4) is 0 Å². The highest BCUT2D eigenvalue weighted by molar-refractivity contribution is 5.02. The summed E-state index contributed by atoms with van der Waals surface area (Å²) in [4.78, 5) is 2.42. The highest BCUT2D eigenvalue weighted by Crippen LogP contribution is 2.40. The predicted molar refractivity (Wildman–Crippen MR) is 63.5 cm³/mol. The highest BCUT2D eigenvalue weighted by Gasteiger charge is 2.45. The number of hydrogen-bond donors (Lipinski definition) is 2. The molecule has 0 aromatic rings. The van der Waals surface area contributed by atoms with Crippen LogP contribution in [0.5, 0.6) is 0 Å². The van der Waals surface area contributed by atoms with E-state index in [4.69, 9.17) is 4.74 Å². The molecule has 2 aliphatic rings. The van der Waals surface area contributed by atoms with Gasteiger partial charge in [0.25, 0.3) is 0 Å². The molecule has 0 spiro atoms. The van der Waals surface area contributed by atoms with Crippen LogP contribution in [0, 0.1) is 5.92 Å². The lowest BCUT2D eigenvalue weighted by Gasteiger charge is -2.39. The molecule has 1 saturated carbocycles. The SMILES string of the molecule is CCNC(CO)(CN1CCOCC1)C1CC1. The molecule has 94 valence electrons. The van der Waals surface area contributed by atoms with E-state index in [0.29, 0.717) is 5.92 Å². The van der Waals surface area contributed by atoms with Crippen molar-refractivity contribution in [1.82, 2.24) is 10.2 Å². The average Bonchev–Trinajstić information content (AvgIpc) is 3.14. The summed E-state index contributed by atoms with van der Waals surface area (Å²) >= 11 is 0. The van der Waals surface area contributed by atoms with E-state index >= 15 is 0 Å². The number of morpholine rings is 1. The molecule has 2 rings (SSSR count). The maximum Gasteiger partial charge on any atom is 0.0628 e. The fraction of sp³-hybridized carbons (Fsp3) is 1.00. The summed E-state index contributed by atoms with van der Waals surface area (Å²) in [5.41, 5.74) is -0.0634. The van der Waals surface area contributed by atoms with Crippen molar-refractivity contribution in [2.75, 3.05) is 46.0 Å². The summed E-state index contributed by atoms with van der Waals surface area (Å²) in [6.07, 6.45) is 2.52. The Bertz CT molecular complexity index is 215. The van der Waals surface area contributed by atoms with Gasteiger partial charge in [-0.05, 0) is 25.3 Å². The van der Waals surface area contributed by atoms with E-state index in [0.717, 1.165) is 39.4 Å². The molecule has 1 saturated heterocycles. The van der Waals surface area contributed by atoms with E-state index < -0.39 is 0 Å². The fourth-order valence-electron chi connectivity index (χ4n) is 2.71. The third-order valence-corrected chi connectivity index (χ3v) is 3.78. The number of nitrogens with one attached hydrogen (secondary N) is 1. The Morgan fingerprint density at radius 1 is 1.38 bits per heavy atom. The van der Waals surface area contributed by atoms with Crippen molar-refractivity contribution in [3.63, 3.8) is 0 Å². The quantitative estimate of drug-likeness (QED) is 0.675. The van der Waals surface area contributed by atoms with Crippen LogP contribution in [0.1, 0.15) is 19.8 Å². The Hall–Kier alpha value is -0.160. The first-order valence-corrected chi connectivity index (χ1v) is 6.47. The summed E-state index contributed by atoms with van der Waals surface area (Å²) in [6, 6.07) is 0. The van der Waals surface area contributed by atoms with Gasteiger partial charge in [0.1, 0.15) is 0 Å². The second-order valence-electron chi connectivity index (χ2n) is 5.01. The third-order valence-electron chi connectivity index (χ3n) is 3.78. The zero-order valence-corrected chi connectivity index (χ0v) is 10.2. The van der Waals surface area contributed by atoms with Gasteiger partial charge in [-0.3, -0.25) is 4.90 Å². The summed E-state index contributed by atoms with van der Waals surface area (Å²) in [5, 5.41) is 13.3. The minimum absolute atomic E-state index is 0.0634. The van der Waals surface area contributed by atoms with Gasteiger partial charge in [-0.15, -0.1) is 0 Å². The van der Waals surface area contributed by atoms with Crippen LogP contribution in [-0.2, 0) is 4.74 Å². The Labute approximate surface area is 98.0 Å². The molecule has 1 aliphatic carbocycles. The Morgan fingerprint density at radius 2 is 2.06 bits per heavy atom. The minimum atomic E-state index is -0.0634. The second-order valence-corrected chi connectivity index (χ2v) is 5.01. The van der Waals surface area contributed by atoms with Crippen molar-refractivity contribution in [2.24, 2.45) is 5.92 Å². The van der Waals surface area contributed by atoms with Gasteiger partial charge in [0.15, 0.2) is 0 Å². The van der Waals surface area contributed by atoms with Crippen LogP contribution in [0.25, 0.3) is 0 Å². The van der Waals surface area contributed by atoms with E-state index in [2.05, 4.69) is 17.1 Å². The number of rotatable bonds is 6. The number of likely N-dealkylation sites (N-methyl/N-ethyl adjacent to an activating group) is 1. The zero-order valence-electron chi connectivity index (χ0n) is 10.2. The summed E-state index contributed by atoms with van der Waals surface area (Å²) in [7, 11) is 0. The molecule has 0 aromatic heterocycles. The molecule has 4 heteroatoms. The fourth-order valence-corrected chi connectivity index (χ4v) is 2.71. The molecule has 16 heavy (non-hydrogen) atoms. The molecular formula is C12H24N2O2. The van der Waals surface area contributed by atoms with Crippen molar-refractivity contribution in [3.05, 3.63) is 0 Å². The molecular weight excluding hydrogens is 204 g/mol. The molecule has 0 amide bonds. The van der Waals surface area contributed by atoms with Gasteiger partial charge in [0, 0.05) is 19.6 Å². The Kier molecular flexibility index (Phi) is 4.19. The maximum atomic E-state index is 9.73. The average molecular weight is 228 g/mol. The van der Waals surface area contributed by atoms with Crippen LogP contribution in [0.4, 0.5) is 0 Å². The lowest BCUT2D eigenvalue weighted by atomic mass is 9.93. The van der Waals surface area contributed by atoms with Gasteiger partial charge in [-0.1, -0.05) is 6.92 Å². The molecule has 4 nitrogen and oxygen atoms in total. The zero-order chi connectivity index (χ0) is 11.4. The predicted octanol–water partition coefficient (Wildman–Crippen LogP) is 0.0692. The van der Waals surface area contributed by atoms with Crippen molar-refractivity contribution in [1.29, 1.82) is 0 Å². The van der Waals surface area contributed by atoms with Gasteiger partial charge in [-0.25, -0.2) is 0 Å². The van der Waals surface area contributed by atoms with E-state index in [1.54, 1.807) is 0 Å². The van der Waals surface area contributed by atoms with Crippen LogP contribution in [0.2, 0.25) is 0 Å². The minimum Gasteiger partial charge on any atom is -0.394 e. The van der Waals surface area contributed by atoms with Crippen molar-refractivity contribution in [2.45, 2.75) is 25.3 Å². The molecule has 2 N–H and O–H groups in total. The number of hydrogen-bond acceptors (Lipinski definition) is 4. The standard InChI is InChI=1S/C12H24N2O2/c1-2-13-12(10-15,11-3-4-11)9-14-5-7-16-8-6-14/h11,13,15H,2-10H2,1H3. The van der Waals surface area contributed by atoms with Gasteiger partial charge >= 0.3 is 0 Å². The topological polar surface area (TPSA) is 44.7 Å². The second kappa shape index (κ2) is 5.45. The normalized spacial score (nSPS) is 26.6. The van der Waals surface area contributed by atoms with Crippen LogP contribution in [0.15, 0.2) is 0 Å². The highest BCUT2D eigenvalue weighted by atomic mass is 16.5. The third kappa shape index (κ3) is 2.74. The monoisotopic (exact) mass is 228 g/mol. The van der Waals surface area contributed by atoms with Crippen LogP contribution < -0.4 is 5.32 Å². The van der Waals surface area contributed by atoms with Gasteiger partial charge in [0.05, 0.1) is 25.4 Å². The first-order valence-electron chi connectivity index (χ1n) is 6.47. The largest absolute Gasteiger partial charge is 0.394 e. The van der Waals surface area contributed by atoms with Crippen LogP contribution in [-0.4, -0.2) is 61.5 Å². The van der Waals surface area contributed by atoms with Crippen LogP contribution in [0.3, 0.4) is 0 Å². The van der Waals surface area contributed by atoms with Gasteiger partial charge in [0.2, 0.25) is 0 Å². The van der Waals surface area contributed by atoms with E-state index in [1.165, 1.54) is 12.8 Å². The summed E-state index contributed by atoms with van der Waals surface area (Å²) in [6.45, 7) is 7.93. The maximum absolute atomic E-state index is 9.73. The summed E-state index contributed by atoms with van der Waals surface area (Å²) in [5.74, 6) is 0.667. The van der Waals surface area contributed by atoms with E-state index in [1.807, 2.05) is 0 Å². The Balaban J connectivity index is 1.94. The van der Waals surface area contributed by atoms with E-state index in [-0.39, 0.29) is 12.1 Å². The molecule has 0 aromatic carbocycles. The number of nitrogens with zero attached hydrogens (tertiary/aromatic N) is 1. The van der Waals surface area contributed by atoms with Crippen LogP contribution >= 0.6 is 0 Å². The molecule has 2 fully saturated rings. The molecule has 1 atom stereocenters. The molecule has 0 radical (unpaired) electrons. The first kappa shape index (κ1) is 12.3. The Morgan fingerprint density at radius 3 is 2.56 bits per heavy atom. The van der Waals surface area contributed by atoms with Gasteiger partial charge < -0.3 is 15.2 Å². The summed E-state index contributed by atoms with van der Waals surface area (Å²) < 4.78 is 5.36. The molecule has 1 heterocycles. The number of ether oxygens (including phenoxy) is 1. The molecule has 0 bridgehead atoms.